The van der Waals surface area contributed by atoms with Gasteiger partial charge in [-0.3, -0.25) is 4.79 Å². The number of rotatable bonds is 5. The van der Waals surface area contributed by atoms with Gasteiger partial charge in [0, 0.05) is 6.54 Å². The first-order chi connectivity index (χ1) is 12.9. The van der Waals surface area contributed by atoms with Crippen LogP contribution in [0.5, 0.6) is 0 Å². The Labute approximate surface area is 157 Å². The van der Waals surface area contributed by atoms with Crippen LogP contribution in [0, 0.1) is 11.2 Å². The molecule has 1 aliphatic carbocycles. The van der Waals surface area contributed by atoms with Crippen LogP contribution >= 0.6 is 0 Å². The zero-order valence-corrected chi connectivity index (χ0v) is 15.3. The largest absolute Gasteiger partial charge is 0.351 e. The molecular formula is C21H21FN4O. The second-order valence-electron chi connectivity index (χ2n) is 7.62. The molecular weight excluding hydrogens is 343 g/mol. The van der Waals surface area contributed by atoms with Gasteiger partial charge in [-0.25, -0.2) is 14.1 Å². The monoisotopic (exact) mass is 364 g/mol. The molecule has 27 heavy (non-hydrogen) atoms. The van der Waals surface area contributed by atoms with E-state index in [0.29, 0.717) is 6.54 Å². The lowest BCUT2D eigenvalue weighted by Crippen LogP contribution is -2.37. The molecule has 1 heterocycles. The highest BCUT2D eigenvalue weighted by Gasteiger charge is 2.66. The molecule has 1 fully saturated rings. The van der Waals surface area contributed by atoms with Gasteiger partial charge < -0.3 is 5.32 Å². The van der Waals surface area contributed by atoms with E-state index in [-0.39, 0.29) is 17.1 Å². The molecule has 1 amide bonds. The van der Waals surface area contributed by atoms with Gasteiger partial charge in [-0.05, 0) is 41.2 Å². The van der Waals surface area contributed by atoms with Crippen LogP contribution in [0.25, 0.3) is 5.69 Å². The van der Waals surface area contributed by atoms with Gasteiger partial charge >= 0.3 is 0 Å². The van der Waals surface area contributed by atoms with E-state index in [1.807, 2.05) is 24.3 Å². The number of carbonyl (C=O) groups excluding carboxylic acids is 1. The number of para-hydroxylation sites is 1. The lowest BCUT2D eigenvalue weighted by molar-refractivity contribution is -0.124. The van der Waals surface area contributed by atoms with Crippen LogP contribution in [0.2, 0.25) is 0 Å². The molecule has 1 N–H and O–H groups in total. The van der Waals surface area contributed by atoms with E-state index in [1.54, 1.807) is 23.1 Å². The number of hydrogen-bond donors (Lipinski definition) is 1. The smallest absolute Gasteiger partial charge is 0.231 e. The Hall–Kier alpha value is -3.02. The van der Waals surface area contributed by atoms with E-state index in [9.17, 15) is 9.18 Å². The molecule has 3 aromatic rings. The van der Waals surface area contributed by atoms with Crippen molar-refractivity contribution in [3.8, 4) is 5.69 Å². The highest BCUT2D eigenvalue weighted by atomic mass is 19.1. The second kappa shape index (κ2) is 6.30. The Balaban J connectivity index is 1.57. The number of hydrogen-bond acceptors (Lipinski definition) is 3. The Morgan fingerprint density at radius 1 is 1.19 bits per heavy atom. The molecule has 4 rings (SSSR count). The number of carbonyl (C=O) groups is 1. The summed E-state index contributed by atoms with van der Waals surface area (Å²) < 4.78 is 15.0. The minimum Gasteiger partial charge on any atom is -0.351 e. The van der Waals surface area contributed by atoms with Gasteiger partial charge in [0.25, 0.3) is 0 Å². The summed E-state index contributed by atoms with van der Waals surface area (Å²) in [4.78, 5) is 17.1. The van der Waals surface area contributed by atoms with Crippen LogP contribution in [0.4, 0.5) is 4.39 Å². The molecule has 1 aromatic heterocycles. The zero-order chi connectivity index (χ0) is 19.1. The predicted molar refractivity (Wildman–Crippen MR) is 99.7 cm³/mol. The van der Waals surface area contributed by atoms with Crippen molar-refractivity contribution in [3.63, 3.8) is 0 Å². The van der Waals surface area contributed by atoms with E-state index in [2.05, 4.69) is 29.2 Å². The maximum Gasteiger partial charge on any atom is 0.231 e. The molecule has 1 saturated carbocycles. The highest BCUT2D eigenvalue weighted by molar-refractivity contribution is 5.93. The lowest BCUT2D eigenvalue weighted by atomic mass is 9.87. The van der Waals surface area contributed by atoms with Crippen molar-refractivity contribution in [2.45, 2.75) is 32.2 Å². The maximum atomic E-state index is 13.3. The molecule has 0 bridgehead atoms. The zero-order valence-electron chi connectivity index (χ0n) is 15.3. The molecule has 0 aliphatic heterocycles. The van der Waals surface area contributed by atoms with Crippen molar-refractivity contribution >= 4 is 5.91 Å². The molecule has 1 aliphatic rings. The van der Waals surface area contributed by atoms with Crippen LogP contribution in [0.1, 0.15) is 31.4 Å². The fourth-order valence-corrected chi connectivity index (χ4v) is 3.91. The molecule has 0 radical (unpaired) electrons. The van der Waals surface area contributed by atoms with Gasteiger partial charge in [0.1, 0.15) is 18.5 Å². The standard InChI is InChI=1S/C21H21FN4O/c1-20(2)12-21(20,16-7-9-17(22)10-8-16)19(27)24-11-15-5-3-4-6-18(15)26-14-23-13-25-26/h3-10,13-14H,11-12H2,1-2H3,(H,24,27). The number of halogens is 1. The van der Waals surface area contributed by atoms with Crippen molar-refractivity contribution in [2.75, 3.05) is 0 Å². The van der Waals surface area contributed by atoms with Crippen molar-refractivity contribution in [1.29, 1.82) is 0 Å². The summed E-state index contributed by atoms with van der Waals surface area (Å²) in [5, 5.41) is 7.25. The Morgan fingerprint density at radius 3 is 2.52 bits per heavy atom. The molecule has 0 saturated heterocycles. The van der Waals surface area contributed by atoms with E-state index in [1.165, 1.54) is 18.5 Å². The predicted octanol–water partition coefficient (Wildman–Crippen LogP) is 3.39. The average Bonchev–Trinajstić information content (AvgIpc) is 3.00. The van der Waals surface area contributed by atoms with E-state index in [0.717, 1.165) is 23.2 Å². The van der Waals surface area contributed by atoms with Crippen molar-refractivity contribution in [1.82, 2.24) is 20.1 Å². The molecule has 0 spiro atoms. The summed E-state index contributed by atoms with van der Waals surface area (Å²) in [6.07, 6.45) is 3.85. The summed E-state index contributed by atoms with van der Waals surface area (Å²) in [5.41, 5.74) is 1.89. The van der Waals surface area contributed by atoms with Gasteiger partial charge in [0.15, 0.2) is 0 Å². The molecule has 6 heteroatoms. The minimum atomic E-state index is -0.622. The van der Waals surface area contributed by atoms with Gasteiger partial charge in [-0.2, -0.15) is 5.10 Å². The van der Waals surface area contributed by atoms with Crippen molar-refractivity contribution in [3.05, 3.63) is 78.1 Å². The van der Waals surface area contributed by atoms with Gasteiger partial charge in [0.2, 0.25) is 5.91 Å². The Bertz CT molecular complexity index is 966. The van der Waals surface area contributed by atoms with Crippen LogP contribution in [0.3, 0.4) is 0 Å². The van der Waals surface area contributed by atoms with Crippen LogP contribution in [-0.2, 0) is 16.8 Å². The third kappa shape index (κ3) is 2.91. The van der Waals surface area contributed by atoms with Gasteiger partial charge in [0.05, 0.1) is 11.1 Å². The Morgan fingerprint density at radius 2 is 1.89 bits per heavy atom. The molecule has 1 unspecified atom stereocenters. The first kappa shape index (κ1) is 17.4. The third-order valence-electron chi connectivity index (χ3n) is 5.56. The second-order valence-corrected chi connectivity index (χ2v) is 7.62. The molecule has 1 atom stereocenters. The first-order valence-electron chi connectivity index (χ1n) is 8.91. The number of benzene rings is 2. The van der Waals surface area contributed by atoms with E-state index < -0.39 is 5.41 Å². The quantitative estimate of drug-likeness (QED) is 0.755. The summed E-state index contributed by atoms with van der Waals surface area (Å²) in [5.74, 6) is -0.331. The first-order valence-corrected chi connectivity index (χ1v) is 8.91. The normalized spacial score (nSPS) is 20.3. The highest BCUT2D eigenvalue weighted by Crippen LogP contribution is 2.64. The number of aromatic nitrogens is 3. The Kier molecular flexibility index (Phi) is 4.06. The number of nitrogens with one attached hydrogen (secondary N) is 1. The molecule has 2 aromatic carbocycles. The van der Waals surface area contributed by atoms with E-state index >= 15 is 0 Å². The van der Waals surface area contributed by atoms with Crippen molar-refractivity contribution in [2.24, 2.45) is 5.41 Å². The topological polar surface area (TPSA) is 59.8 Å². The van der Waals surface area contributed by atoms with Gasteiger partial charge in [-0.15, -0.1) is 0 Å². The van der Waals surface area contributed by atoms with Gasteiger partial charge in [-0.1, -0.05) is 44.2 Å². The summed E-state index contributed by atoms with van der Waals surface area (Å²) in [7, 11) is 0. The average molecular weight is 364 g/mol. The summed E-state index contributed by atoms with van der Waals surface area (Å²) in [6.45, 7) is 4.52. The summed E-state index contributed by atoms with van der Waals surface area (Å²) >= 11 is 0. The fraction of sp³-hybridized carbons (Fsp3) is 0.286. The van der Waals surface area contributed by atoms with Crippen LogP contribution < -0.4 is 5.32 Å². The number of amides is 1. The lowest BCUT2D eigenvalue weighted by Gasteiger charge is -2.21. The maximum absolute atomic E-state index is 13.3. The van der Waals surface area contributed by atoms with E-state index in [4.69, 9.17) is 0 Å². The number of nitrogens with zero attached hydrogens (tertiary/aromatic N) is 3. The fourth-order valence-electron chi connectivity index (χ4n) is 3.91. The van der Waals surface area contributed by atoms with Crippen LogP contribution in [0.15, 0.2) is 61.2 Å². The SMILES string of the molecule is CC1(C)CC1(C(=O)NCc1ccccc1-n1cncn1)c1ccc(F)cc1. The minimum absolute atomic E-state index is 0.0347. The third-order valence-corrected chi connectivity index (χ3v) is 5.56. The molecule has 138 valence electrons. The van der Waals surface area contributed by atoms with Crippen molar-refractivity contribution < 1.29 is 9.18 Å². The summed E-state index contributed by atoms with van der Waals surface area (Å²) in [6, 6.07) is 14.0. The van der Waals surface area contributed by atoms with Crippen LogP contribution in [-0.4, -0.2) is 20.7 Å². The molecule has 5 nitrogen and oxygen atoms in total.